The number of aliphatic hydroxyl groups is 1. The van der Waals surface area contributed by atoms with E-state index in [4.69, 9.17) is 5.11 Å². The molecule has 3 nitrogen and oxygen atoms in total. The van der Waals surface area contributed by atoms with E-state index >= 15 is 0 Å². The molecule has 2 N–H and O–H groups in total. The second kappa shape index (κ2) is 4.68. The number of carbonyl (C=O) groups is 1. The van der Waals surface area contributed by atoms with Crippen LogP contribution in [0.1, 0.15) is 6.42 Å². The molecule has 0 bridgehead atoms. The molecule has 1 aromatic carbocycles. The molecule has 1 amide bonds. The van der Waals surface area contributed by atoms with E-state index in [0.29, 0.717) is 6.42 Å². The van der Waals surface area contributed by atoms with Crippen LogP contribution in [0.25, 0.3) is 0 Å². The fraction of sp³-hybridized carbons (Fsp3) is 0.364. The van der Waals surface area contributed by atoms with Crippen LogP contribution in [0.4, 0.5) is 0 Å². The van der Waals surface area contributed by atoms with Gasteiger partial charge in [0, 0.05) is 4.90 Å². The molecule has 1 fully saturated rings. The molecule has 0 radical (unpaired) electrons. The highest BCUT2D eigenvalue weighted by Crippen LogP contribution is 2.29. The van der Waals surface area contributed by atoms with Crippen molar-refractivity contribution in [3.05, 3.63) is 30.3 Å². The third kappa shape index (κ3) is 2.52. The highest BCUT2D eigenvalue weighted by atomic mass is 32.2. The van der Waals surface area contributed by atoms with E-state index in [-0.39, 0.29) is 23.8 Å². The van der Waals surface area contributed by atoms with E-state index in [1.165, 1.54) is 0 Å². The maximum Gasteiger partial charge on any atom is 0.233 e. The number of benzene rings is 1. The molecular weight excluding hydrogens is 210 g/mol. The Bertz CT molecular complexity index is 342. The molecule has 0 unspecified atom stereocenters. The lowest BCUT2D eigenvalue weighted by Crippen LogP contribution is -2.29. The average Bonchev–Trinajstić information content (AvgIpc) is 2.61. The van der Waals surface area contributed by atoms with Gasteiger partial charge < -0.3 is 10.4 Å². The quantitative estimate of drug-likeness (QED) is 0.804. The van der Waals surface area contributed by atoms with E-state index in [1.54, 1.807) is 11.8 Å². The van der Waals surface area contributed by atoms with E-state index in [2.05, 4.69) is 5.32 Å². The van der Waals surface area contributed by atoms with Gasteiger partial charge in [-0.05, 0) is 18.6 Å². The predicted octanol–water partition coefficient (Wildman–Crippen LogP) is 1.03. The Kier molecular flexibility index (Phi) is 3.28. The number of rotatable bonds is 3. The highest BCUT2D eigenvalue weighted by molar-refractivity contribution is 8.00. The Morgan fingerprint density at radius 3 is 2.73 bits per heavy atom. The second-order valence-corrected chi connectivity index (χ2v) is 4.82. The Morgan fingerprint density at radius 2 is 2.13 bits per heavy atom. The lowest BCUT2D eigenvalue weighted by atomic mass is 10.2. The number of aliphatic hydroxyl groups excluding tert-OH is 1. The summed E-state index contributed by atoms with van der Waals surface area (Å²) in [5, 5.41) is 11.6. The van der Waals surface area contributed by atoms with Gasteiger partial charge >= 0.3 is 0 Å². The molecule has 1 heterocycles. The van der Waals surface area contributed by atoms with Crippen molar-refractivity contribution in [3.8, 4) is 0 Å². The van der Waals surface area contributed by atoms with Gasteiger partial charge in [-0.2, -0.15) is 0 Å². The van der Waals surface area contributed by atoms with E-state index in [9.17, 15) is 4.79 Å². The van der Waals surface area contributed by atoms with Crippen LogP contribution in [0.3, 0.4) is 0 Å². The zero-order valence-corrected chi connectivity index (χ0v) is 9.04. The zero-order valence-electron chi connectivity index (χ0n) is 8.22. The zero-order chi connectivity index (χ0) is 10.7. The second-order valence-electron chi connectivity index (χ2n) is 3.54. The minimum atomic E-state index is -0.0706. The molecule has 1 aromatic rings. The molecule has 0 saturated carbocycles. The number of amides is 1. The van der Waals surface area contributed by atoms with Gasteiger partial charge in [-0.15, -0.1) is 11.8 Å². The summed E-state index contributed by atoms with van der Waals surface area (Å²) >= 11 is 1.56. The van der Waals surface area contributed by atoms with Crippen LogP contribution < -0.4 is 5.32 Å². The van der Waals surface area contributed by atoms with E-state index in [1.807, 2.05) is 30.3 Å². The third-order valence-electron chi connectivity index (χ3n) is 2.38. The van der Waals surface area contributed by atoms with Crippen molar-refractivity contribution < 1.29 is 9.90 Å². The number of nitrogens with one attached hydrogen (secondary N) is 1. The van der Waals surface area contributed by atoms with Crippen LogP contribution in [0.15, 0.2) is 35.2 Å². The topological polar surface area (TPSA) is 49.3 Å². The summed E-state index contributed by atoms with van der Waals surface area (Å²) in [5.74, 6) is 0.0305. The normalized spacial score (nSPS) is 25.3. The van der Waals surface area contributed by atoms with Crippen LogP contribution in [0.5, 0.6) is 0 Å². The van der Waals surface area contributed by atoms with Gasteiger partial charge in [0.05, 0.1) is 17.9 Å². The van der Waals surface area contributed by atoms with Crippen molar-refractivity contribution in [2.24, 2.45) is 0 Å². The molecule has 2 rings (SSSR count). The molecule has 15 heavy (non-hydrogen) atoms. The van der Waals surface area contributed by atoms with Gasteiger partial charge in [-0.25, -0.2) is 0 Å². The molecule has 0 spiro atoms. The number of thioether (sulfide) groups is 1. The fourth-order valence-electron chi connectivity index (χ4n) is 1.60. The van der Waals surface area contributed by atoms with Crippen LogP contribution in [0, 0.1) is 0 Å². The van der Waals surface area contributed by atoms with Crippen LogP contribution >= 0.6 is 11.8 Å². The Balaban J connectivity index is 1.99. The van der Waals surface area contributed by atoms with Crippen molar-refractivity contribution in [1.29, 1.82) is 0 Å². The summed E-state index contributed by atoms with van der Waals surface area (Å²) in [6, 6.07) is 9.78. The molecule has 80 valence electrons. The maximum absolute atomic E-state index is 11.5. The summed E-state index contributed by atoms with van der Waals surface area (Å²) in [6.07, 6.45) is 0.703. The monoisotopic (exact) mass is 223 g/mol. The van der Waals surface area contributed by atoms with Crippen LogP contribution in [0.2, 0.25) is 0 Å². The molecule has 1 aliphatic rings. The molecule has 4 heteroatoms. The van der Waals surface area contributed by atoms with E-state index < -0.39 is 0 Å². The summed E-state index contributed by atoms with van der Waals surface area (Å²) in [4.78, 5) is 12.6. The van der Waals surface area contributed by atoms with E-state index in [0.717, 1.165) is 4.90 Å². The smallest absolute Gasteiger partial charge is 0.233 e. The van der Waals surface area contributed by atoms with Gasteiger partial charge in [0.2, 0.25) is 5.91 Å². The summed E-state index contributed by atoms with van der Waals surface area (Å²) in [5.41, 5.74) is 0. The first-order valence-electron chi connectivity index (χ1n) is 4.92. The van der Waals surface area contributed by atoms with Crippen molar-refractivity contribution in [2.75, 3.05) is 6.61 Å². The lowest BCUT2D eigenvalue weighted by Gasteiger charge is -2.06. The molecule has 1 aliphatic heterocycles. The number of carbonyl (C=O) groups excluding carboxylic acids is 1. The minimum Gasteiger partial charge on any atom is -0.394 e. The number of hydrogen-bond acceptors (Lipinski definition) is 3. The molecule has 0 aliphatic carbocycles. The maximum atomic E-state index is 11.5. The SMILES string of the molecule is O=C1N[C@H](CO)C[C@@H]1Sc1ccccc1. The Morgan fingerprint density at radius 1 is 1.40 bits per heavy atom. The predicted molar refractivity (Wildman–Crippen MR) is 59.7 cm³/mol. The van der Waals surface area contributed by atoms with Gasteiger partial charge in [-0.1, -0.05) is 18.2 Å². The summed E-state index contributed by atoms with van der Waals surface area (Å²) < 4.78 is 0. The first kappa shape index (κ1) is 10.5. The van der Waals surface area contributed by atoms with Crippen LogP contribution in [-0.4, -0.2) is 28.9 Å². The highest BCUT2D eigenvalue weighted by Gasteiger charge is 2.31. The van der Waals surface area contributed by atoms with Gasteiger partial charge in [0.1, 0.15) is 0 Å². The summed E-state index contributed by atoms with van der Waals surface area (Å²) in [6.45, 7) is 0.0254. The lowest BCUT2D eigenvalue weighted by molar-refractivity contribution is -0.119. The third-order valence-corrected chi connectivity index (χ3v) is 3.61. The Labute approximate surface area is 92.9 Å². The largest absolute Gasteiger partial charge is 0.394 e. The molecule has 1 saturated heterocycles. The van der Waals surface area contributed by atoms with Gasteiger partial charge in [-0.3, -0.25) is 4.79 Å². The standard InChI is InChI=1S/C11H13NO2S/c13-7-8-6-10(11(14)12-8)15-9-4-2-1-3-5-9/h1-5,8,10,13H,6-7H2,(H,12,14)/t8-,10-/m0/s1. The van der Waals surface area contributed by atoms with Crippen molar-refractivity contribution in [3.63, 3.8) is 0 Å². The Hall–Kier alpha value is -1.00. The summed E-state index contributed by atoms with van der Waals surface area (Å²) in [7, 11) is 0. The van der Waals surface area contributed by atoms with Crippen molar-refractivity contribution >= 4 is 17.7 Å². The minimum absolute atomic E-state index is 0.0254. The molecule has 2 atom stereocenters. The average molecular weight is 223 g/mol. The fourth-order valence-corrected chi connectivity index (χ4v) is 2.75. The first-order valence-corrected chi connectivity index (χ1v) is 5.80. The van der Waals surface area contributed by atoms with Gasteiger partial charge in [0.15, 0.2) is 0 Å². The number of hydrogen-bond donors (Lipinski definition) is 2. The van der Waals surface area contributed by atoms with Crippen molar-refractivity contribution in [1.82, 2.24) is 5.32 Å². The molecular formula is C11H13NO2S. The van der Waals surface area contributed by atoms with Crippen LogP contribution in [-0.2, 0) is 4.79 Å². The first-order chi connectivity index (χ1) is 7.29. The van der Waals surface area contributed by atoms with Gasteiger partial charge in [0.25, 0.3) is 0 Å². The molecule has 0 aromatic heterocycles. The van der Waals surface area contributed by atoms with Crippen molar-refractivity contribution in [2.45, 2.75) is 22.6 Å².